The lowest BCUT2D eigenvalue weighted by Gasteiger charge is -2.28. The van der Waals surface area contributed by atoms with Crippen molar-refractivity contribution in [1.29, 1.82) is 0 Å². The largest absolute Gasteiger partial charge is 0.504 e. The van der Waals surface area contributed by atoms with Gasteiger partial charge < -0.3 is 20.3 Å². The van der Waals surface area contributed by atoms with E-state index in [1.54, 1.807) is 19.2 Å². The van der Waals surface area contributed by atoms with Crippen LogP contribution in [0.3, 0.4) is 0 Å². The Morgan fingerprint density at radius 2 is 1.90 bits per heavy atom. The van der Waals surface area contributed by atoms with E-state index < -0.39 is 0 Å². The molecule has 0 aromatic heterocycles. The van der Waals surface area contributed by atoms with Gasteiger partial charge in [0.25, 0.3) is 0 Å². The summed E-state index contributed by atoms with van der Waals surface area (Å²) in [6, 6.07) is 11.2. The molecule has 3 rings (SSSR count). The first-order valence-corrected chi connectivity index (χ1v) is 6.61. The topological polar surface area (TPSA) is 61.7 Å². The van der Waals surface area contributed by atoms with Crippen molar-refractivity contribution in [2.75, 3.05) is 13.7 Å². The minimum absolute atomic E-state index is 0. The SMILES string of the molecule is COc1cccc(C2NCCc3cc(O)c(O)cc32)c1.Cl. The zero-order valence-electron chi connectivity index (χ0n) is 11.7. The van der Waals surface area contributed by atoms with Gasteiger partial charge in [0.15, 0.2) is 11.5 Å². The molecule has 0 fully saturated rings. The second-order valence-corrected chi connectivity index (χ2v) is 4.95. The third-order valence-electron chi connectivity index (χ3n) is 3.72. The Balaban J connectivity index is 0.00000161. The summed E-state index contributed by atoms with van der Waals surface area (Å²) in [6.45, 7) is 0.832. The Bertz CT molecular complexity index is 645. The van der Waals surface area contributed by atoms with Crippen LogP contribution in [0.2, 0.25) is 0 Å². The van der Waals surface area contributed by atoms with Gasteiger partial charge in [0.1, 0.15) is 5.75 Å². The molecule has 1 heterocycles. The molecule has 21 heavy (non-hydrogen) atoms. The fourth-order valence-electron chi connectivity index (χ4n) is 2.70. The lowest BCUT2D eigenvalue weighted by Crippen LogP contribution is -2.30. The average molecular weight is 308 g/mol. The maximum absolute atomic E-state index is 9.74. The Kier molecular flexibility index (Phi) is 4.60. The number of benzene rings is 2. The second-order valence-electron chi connectivity index (χ2n) is 4.95. The molecule has 1 atom stereocenters. The fraction of sp³-hybridized carbons (Fsp3) is 0.250. The molecule has 0 spiro atoms. The van der Waals surface area contributed by atoms with Crippen LogP contribution in [0, 0.1) is 0 Å². The monoisotopic (exact) mass is 307 g/mol. The molecule has 0 aliphatic carbocycles. The van der Waals surface area contributed by atoms with Crippen LogP contribution in [0.15, 0.2) is 36.4 Å². The van der Waals surface area contributed by atoms with Crippen LogP contribution >= 0.6 is 12.4 Å². The number of phenolic OH excluding ortho intramolecular Hbond substituents is 2. The minimum atomic E-state index is -0.0830. The number of ether oxygens (including phenoxy) is 1. The van der Waals surface area contributed by atoms with Gasteiger partial charge in [0, 0.05) is 6.54 Å². The van der Waals surface area contributed by atoms with Gasteiger partial charge in [-0.15, -0.1) is 12.4 Å². The van der Waals surface area contributed by atoms with Gasteiger partial charge in [-0.25, -0.2) is 0 Å². The number of phenols is 2. The van der Waals surface area contributed by atoms with E-state index in [1.165, 1.54) is 0 Å². The quantitative estimate of drug-likeness (QED) is 0.747. The molecule has 5 heteroatoms. The Hall–Kier alpha value is -1.91. The molecule has 4 nitrogen and oxygen atoms in total. The van der Waals surface area contributed by atoms with E-state index in [1.807, 2.05) is 24.3 Å². The van der Waals surface area contributed by atoms with Crippen LogP contribution in [0.4, 0.5) is 0 Å². The highest BCUT2D eigenvalue weighted by atomic mass is 35.5. The van der Waals surface area contributed by atoms with Crippen molar-refractivity contribution in [3.8, 4) is 17.2 Å². The van der Waals surface area contributed by atoms with Crippen molar-refractivity contribution >= 4 is 12.4 Å². The van der Waals surface area contributed by atoms with E-state index in [9.17, 15) is 10.2 Å². The van der Waals surface area contributed by atoms with Gasteiger partial charge in [-0.05, 0) is 47.4 Å². The third kappa shape index (κ3) is 2.91. The molecule has 2 aromatic rings. The van der Waals surface area contributed by atoms with E-state index in [4.69, 9.17) is 4.74 Å². The normalized spacial score (nSPS) is 16.7. The molecular weight excluding hydrogens is 290 g/mol. The highest BCUT2D eigenvalue weighted by Gasteiger charge is 2.23. The Morgan fingerprint density at radius 1 is 1.14 bits per heavy atom. The van der Waals surface area contributed by atoms with E-state index in [2.05, 4.69) is 5.32 Å². The highest BCUT2D eigenvalue weighted by Crippen LogP contribution is 2.36. The number of aromatic hydroxyl groups is 2. The van der Waals surface area contributed by atoms with Crippen molar-refractivity contribution in [3.63, 3.8) is 0 Å². The summed E-state index contributed by atoms with van der Waals surface area (Å²) < 4.78 is 5.26. The average Bonchev–Trinajstić information content (AvgIpc) is 2.48. The summed E-state index contributed by atoms with van der Waals surface area (Å²) in [5, 5.41) is 22.8. The zero-order valence-corrected chi connectivity index (χ0v) is 12.5. The van der Waals surface area contributed by atoms with Gasteiger partial charge in [0.2, 0.25) is 0 Å². The van der Waals surface area contributed by atoms with Gasteiger partial charge in [-0.1, -0.05) is 12.1 Å². The first-order valence-electron chi connectivity index (χ1n) is 6.61. The van der Waals surface area contributed by atoms with Crippen molar-refractivity contribution in [2.45, 2.75) is 12.5 Å². The molecule has 0 saturated carbocycles. The third-order valence-corrected chi connectivity index (χ3v) is 3.72. The zero-order chi connectivity index (χ0) is 14.1. The Morgan fingerprint density at radius 3 is 2.67 bits per heavy atom. The number of hydrogen-bond donors (Lipinski definition) is 3. The van der Waals surface area contributed by atoms with E-state index in [-0.39, 0.29) is 29.9 Å². The van der Waals surface area contributed by atoms with Crippen molar-refractivity contribution in [3.05, 3.63) is 53.1 Å². The van der Waals surface area contributed by atoms with Crippen molar-refractivity contribution in [1.82, 2.24) is 5.32 Å². The molecule has 0 bridgehead atoms. The maximum atomic E-state index is 9.74. The number of rotatable bonds is 2. The lowest BCUT2D eigenvalue weighted by atomic mass is 9.89. The molecule has 0 amide bonds. The van der Waals surface area contributed by atoms with Crippen LogP contribution in [-0.2, 0) is 6.42 Å². The van der Waals surface area contributed by atoms with Gasteiger partial charge in [0.05, 0.1) is 13.2 Å². The van der Waals surface area contributed by atoms with E-state index >= 15 is 0 Å². The van der Waals surface area contributed by atoms with Crippen molar-refractivity contribution in [2.24, 2.45) is 0 Å². The summed E-state index contributed by atoms with van der Waals surface area (Å²) in [5.41, 5.74) is 3.14. The van der Waals surface area contributed by atoms with Crippen molar-refractivity contribution < 1.29 is 14.9 Å². The molecule has 1 unspecified atom stereocenters. The first-order chi connectivity index (χ1) is 9.69. The maximum Gasteiger partial charge on any atom is 0.157 e. The van der Waals surface area contributed by atoms with Gasteiger partial charge in [-0.3, -0.25) is 0 Å². The van der Waals surface area contributed by atoms with E-state index in [0.29, 0.717) is 0 Å². The number of nitrogens with one attached hydrogen (secondary N) is 1. The molecular formula is C16H18ClNO3. The number of methoxy groups -OCH3 is 1. The van der Waals surface area contributed by atoms with Crippen LogP contribution in [0.1, 0.15) is 22.7 Å². The van der Waals surface area contributed by atoms with Crippen LogP contribution in [-0.4, -0.2) is 23.9 Å². The fourth-order valence-corrected chi connectivity index (χ4v) is 2.70. The van der Waals surface area contributed by atoms with E-state index in [0.717, 1.165) is 35.4 Å². The molecule has 0 radical (unpaired) electrons. The lowest BCUT2D eigenvalue weighted by molar-refractivity contribution is 0.400. The van der Waals surface area contributed by atoms with Crippen LogP contribution < -0.4 is 10.1 Å². The molecule has 0 saturated heterocycles. The highest BCUT2D eigenvalue weighted by molar-refractivity contribution is 5.85. The number of fused-ring (bicyclic) bond motifs is 1. The Labute approximate surface area is 129 Å². The summed E-state index contributed by atoms with van der Waals surface area (Å²) in [5.74, 6) is 0.662. The second kappa shape index (κ2) is 6.24. The minimum Gasteiger partial charge on any atom is -0.504 e. The summed E-state index contributed by atoms with van der Waals surface area (Å²) >= 11 is 0. The smallest absolute Gasteiger partial charge is 0.157 e. The molecule has 1 aliphatic rings. The predicted octanol–water partition coefficient (Wildman–Crippen LogP) is 2.76. The first kappa shape index (κ1) is 15.5. The summed E-state index contributed by atoms with van der Waals surface area (Å²) in [4.78, 5) is 0. The van der Waals surface area contributed by atoms with Crippen LogP contribution in [0.5, 0.6) is 17.2 Å². The molecule has 1 aliphatic heterocycles. The van der Waals surface area contributed by atoms with Gasteiger partial charge in [-0.2, -0.15) is 0 Å². The molecule has 112 valence electrons. The standard InChI is InChI=1S/C16H17NO3.ClH/c1-20-12-4-2-3-11(7-12)16-13-9-15(19)14(18)8-10(13)5-6-17-16;/h2-4,7-9,16-19H,5-6H2,1H3;1H. The molecule has 3 N–H and O–H groups in total. The van der Waals surface area contributed by atoms with Gasteiger partial charge >= 0.3 is 0 Å². The summed E-state index contributed by atoms with van der Waals surface area (Å²) in [7, 11) is 1.64. The molecule has 2 aromatic carbocycles. The summed E-state index contributed by atoms with van der Waals surface area (Å²) in [6.07, 6.45) is 0.837. The predicted molar refractivity (Wildman–Crippen MR) is 83.6 cm³/mol. The van der Waals surface area contributed by atoms with Crippen LogP contribution in [0.25, 0.3) is 0 Å². The number of hydrogen-bond acceptors (Lipinski definition) is 4. The number of halogens is 1.